The summed E-state index contributed by atoms with van der Waals surface area (Å²) in [4.78, 5) is 11.3. The fraction of sp³-hybridized carbons (Fsp3) is 0.417. The predicted octanol–water partition coefficient (Wildman–Crippen LogP) is 1.82. The molecule has 0 aliphatic rings. The average Bonchev–Trinajstić information content (AvgIpc) is 2.29. The summed E-state index contributed by atoms with van der Waals surface area (Å²) >= 11 is 5.84. The lowest BCUT2D eigenvalue weighted by Gasteiger charge is -2.12. The number of aliphatic hydroxyl groups excluding tert-OH is 1. The fourth-order valence-electron chi connectivity index (χ4n) is 1.44. The lowest BCUT2D eigenvalue weighted by molar-refractivity contribution is -0.152. The van der Waals surface area contributed by atoms with Crippen molar-refractivity contribution in [3.05, 3.63) is 28.8 Å². The molecule has 1 atom stereocenters. The highest BCUT2D eigenvalue weighted by molar-refractivity contribution is 6.30. The number of carbonyl (C=O) groups excluding carboxylic acids is 1. The SMILES string of the molecule is CCOC(=O)C(O)Cc1cc(Cl)ccc1OC. The molecule has 5 heteroatoms. The Morgan fingerprint density at radius 3 is 2.82 bits per heavy atom. The van der Waals surface area contributed by atoms with E-state index in [9.17, 15) is 9.90 Å². The van der Waals surface area contributed by atoms with Crippen LogP contribution >= 0.6 is 11.6 Å². The number of hydrogen-bond acceptors (Lipinski definition) is 4. The van der Waals surface area contributed by atoms with Crippen LogP contribution in [0.5, 0.6) is 5.75 Å². The zero-order valence-electron chi connectivity index (χ0n) is 9.77. The van der Waals surface area contributed by atoms with Gasteiger partial charge in [0.15, 0.2) is 6.10 Å². The van der Waals surface area contributed by atoms with Gasteiger partial charge in [-0.25, -0.2) is 4.79 Å². The summed E-state index contributed by atoms with van der Waals surface area (Å²) in [5.41, 5.74) is 0.667. The number of hydrogen-bond donors (Lipinski definition) is 1. The van der Waals surface area contributed by atoms with Crippen molar-refractivity contribution in [2.24, 2.45) is 0 Å². The van der Waals surface area contributed by atoms with Gasteiger partial charge in [0.25, 0.3) is 0 Å². The zero-order valence-corrected chi connectivity index (χ0v) is 10.5. The van der Waals surface area contributed by atoms with Crippen LogP contribution < -0.4 is 4.74 Å². The second-order valence-corrected chi connectivity index (χ2v) is 3.86. The topological polar surface area (TPSA) is 55.8 Å². The number of rotatable bonds is 5. The van der Waals surface area contributed by atoms with Gasteiger partial charge in [0.1, 0.15) is 5.75 Å². The molecule has 0 aliphatic carbocycles. The first-order valence-electron chi connectivity index (χ1n) is 5.25. The van der Waals surface area contributed by atoms with E-state index >= 15 is 0 Å². The van der Waals surface area contributed by atoms with E-state index in [1.54, 1.807) is 25.1 Å². The van der Waals surface area contributed by atoms with Gasteiger partial charge in [-0.2, -0.15) is 0 Å². The first-order valence-corrected chi connectivity index (χ1v) is 5.63. The molecule has 1 rings (SSSR count). The molecule has 0 saturated carbocycles. The van der Waals surface area contributed by atoms with Gasteiger partial charge in [-0.3, -0.25) is 0 Å². The Balaban J connectivity index is 2.79. The smallest absolute Gasteiger partial charge is 0.335 e. The average molecular weight is 259 g/mol. The Morgan fingerprint density at radius 1 is 1.53 bits per heavy atom. The predicted molar refractivity (Wildman–Crippen MR) is 64.3 cm³/mol. The maximum Gasteiger partial charge on any atom is 0.335 e. The second kappa shape index (κ2) is 6.47. The summed E-state index contributed by atoms with van der Waals surface area (Å²) in [6.45, 7) is 1.92. The van der Waals surface area contributed by atoms with Crippen molar-refractivity contribution in [1.29, 1.82) is 0 Å². The third kappa shape index (κ3) is 3.91. The molecule has 0 bridgehead atoms. The van der Waals surface area contributed by atoms with Crippen LogP contribution in [0.15, 0.2) is 18.2 Å². The van der Waals surface area contributed by atoms with Crippen molar-refractivity contribution in [2.75, 3.05) is 13.7 Å². The summed E-state index contributed by atoms with van der Waals surface area (Å²) in [5.74, 6) is -0.0627. The summed E-state index contributed by atoms with van der Waals surface area (Å²) < 4.78 is 9.84. The van der Waals surface area contributed by atoms with E-state index in [4.69, 9.17) is 21.1 Å². The highest BCUT2D eigenvalue weighted by Gasteiger charge is 2.18. The molecule has 0 fully saturated rings. The minimum Gasteiger partial charge on any atom is -0.496 e. The van der Waals surface area contributed by atoms with Gasteiger partial charge in [0, 0.05) is 11.4 Å². The lowest BCUT2D eigenvalue weighted by atomic mass is 10.1. The monoisotopic (exact) mass is 258 g/mol. The molecule has 0 radical (unpaired) electrons. The summed E-state index contributed by atoms with van der Waals surface area (Å²) in [6, 6.07) is 5.03. The molecule has 1 aromatic carbocycles. The Hall–Kier alpha value is -1.26. The Kier molecular flexibility index (Phi) is 5.25. The van der Waals surface area contributed by atoms with E-state index < -0.39 is 12.1 Å². The number of halogens is 1. The van der Waals surface area contributed by atoms with E-state index in [-0.39, 0.29) is 13.0 Å². The van der Waals surface area contributed by atoms with Crippen LogP contribution in [0.1, 0.15) is 12.5 Å². The van der Waals surface area contributed by atoms with E-state index in [0.29, 0.717) is 16.3 Å². The van der Waals surface area contributed by atoms with Gasteiger partial charge < -0.3 is 14.6 Å². The number of methoxy groups -OCH3 is 1. The second-order valence-electron chi connectivity index (χ2n) is 3.43. The minimum atomic E-state index is -1.21. The molecule has 0 amide bonds. The number of benzene rings is 1. The summed E-state index contributed by atoms with van der Waals surface area (Å²) in [6.07, 6.45) is -1.09. The van der Waals surface area contributed by atoms with E-state index in [2.05, 4.69) is 0 Å². The van der Waals surface area contributed by atoms with Crippen molar-refractivity contribution in [2.45, 2.75) is 19.4 Å². The molecular weight excluding hydrogens is 244 g/mol. The highest BCUT2D eigenvalue weighted by atomic mass is 35.5. The molecule has 0 saturated heterocycles. The fourth-order valence-corrected chi connectivity index (χ4v) is 1.63. The van der Waals surface area contributed by atoms with E-state index in [0.717, 1.165) is 0 Å². The minimum absolute atomic E-state index is 0.114. The van der Waals surface area contributed by atoms with Crippen molar-refractivity contribution < 1.29 is 19.4 Å². The first-order chi connectivity index (χ1) is 8.08. The third-order valence-electron chi connectivity index (χ3n) is 2.21. The number of esters is 1. The van der Waals surface area contributed by atoms with E-state index in [1.165, 1.54) is 7.11 Å². The van der Waals surface area contributed by atoms with Crippen LogP contribution in [-0.4, -0.2) is 30.9 Å². The molecule has 1 aromatic rings. The van der Waals surface area contributed by atoms with Gasteiger partial charge in [-0.1, -0.05) is 11.6 Å². The zero-order chi connectivity index (χ0) is 12.8. The molecule has 17 heavy (non-hydrogen) atoms. The quantitative estimate of drug-likeness (QED) is 0.819. The summed E-state index contributed by atoms with van der Waals surface area (Å²) in [7, 11) is 1.52. The van der Waals surface area contributed by atoms with Gasteiger partial charge >= 0.3 is 5.97 Å². The molecule has 94 valence electrons. The Bertz CT molecular complexity index is 392. The van der Waals surface area contributed by atoms with Gasteiger partial charge in [-0.05, 0) is 30.7 Å². The van der Waals surface area contributed by atoms with Gasteiger partial charge in [-0.15, -0.1) is 0 Å². The standard InChI is InChI=1S/C12H15ClO4/c1-3-17-12(15)10(14)7-8-6-9(13)4-5-11(8)16-2/h4-6,10,14H,3,7H2,1-2H3. The van der Waals surface area contributed by atoms with Gasteiger partial charge in [0.2, 0.25) is 0 Å². The number of aliphatic hydroxyl groups is 1. The third-order valence-corrected chi connectivity index (χ3v) is 2.45. The van der Waals surface area contributed by atoms with E-state index in [1.807, 2.05) is 0 Å². The molecule has 4 nitrogen and oxygen atoms in total. The lowest BCUT2D eigenvalue weighted by Crippen LogP contribution is -2.25. The molecule has 1 unspecified atom stereocenters. The van der Waals surface area contributed by atoms with Crippen LogP contribution in [0, 0.1) is 0 Å². The van der Waals surface area contributed by atoms with Crippen LogP contribution in [0.2, 0.25) is 5.02 Å². The first kappa shape index (κ1) is 13.8. The molecule has 0 spiro atoms. The highest BCUT2D eigenvalue weighted by Crippen LogP contribution is 2.24. The largest absolute Gasteiger partial charge is 0.496 e. The van der Waals surface area contributed by atoms with Crippen molar-refractivity contribution in [1.82, 2.24) is 0 Å². The summed E-state index contributed by atoms with van der Waals surface area (Å²) in [5, 5.41) is 10.2. The molecule has 0 heterocycles. The van der Waals surface area contributed by atoms with Crippen molar-refractivity contribution in [3.63, 3.8) is 0 Å². The molecular formula is C12H15ClO4. The van der Waals surface area contributed by atoms with Crippen LogP contribution in [0.4, 0.5) is 0 Å². The normalized spacial score (nSPS) is 12.0. The number of ether oxygens (including phenoxy) is 2. The maximum atomic E-state index is 11.3. The Labute approximate surface area is 105 Å². The molecule has 0 aromatic heterocycles. The van der Waals surface area contributed by atoms with Crippen LogP contribution in [0.3, 0.4) is 0 Å². The Morgan fingerprint density at radius 2 is 2.24 bits per heavy atom. The molecule has 1 N–H and O–H groups in total. The van der Waals surface area contributed by atoms with Crippen LogP contribution in [0.25, 0.3) is 0 Å². The number of carbonyl (C=O) groups is 1. The van der Waals surface area contributed by atoms with Crippen molar-refractivity contribution in [3.8, 4) is 5.75 Å². The van der Waals surface area contributed by atoms with Gasteiger partial charge in [0.05, 0.1) is 13.7 Å². The molecule has 0 aliphatic heterocycles. The van der Waals surface area contributed by atoms with Crippen LogP contribution in [-0.2, 0) is 16.0 Å². The van der Waals surface area contributed by atoms with Crippen molar-refractivity contribution >= 4 is 17.6 Å². The maximum absolute atomic E-state index is 11.3.